The Morgan fingerprint density at radius 2 is 1.86 bits per heavy atom. The lowest BCUT2D eigenvalue weighted by Gasteiger charge is -2.35. The summed E-state index contributed by atoms with van der Waals surface area (Å²) in [7, 11) is 0. The third-order valence-corrected chi connectivity index (χ3v) is 3.79. The highest BCUT2D eigenvalue weighted by Crippen LogP contribution is 2.16. The molecular weight excluding hydrogens is 264 g/mol. The van der Waals surface area contributed by atoms with Crippen LogP contribution in [0.25, 0.3) is 0 Å². The topological polar surface area (TPSA) is 32.8 Å². The maximum absolute atomic E-state index is 12.2. The largest absolute Gasteiger partial charge is 0.484 e. The van der Waals surface area contributed by atoms with E-state index in [-0.39, 0.29) is 12.5 Å². The minimum atomic E-state index is 0.0856. The molecule has 116 valence electrons. The fraction of sp³-hybridized carbons (Fsp3) is 0.588. The molecule has 1 aliphatic rings. The molecular formula is C17H26N2O2. The number of aryl methyl sites for hydroxylation is 1. The van der Waals surface area contributed by atoms with Crippen LogP contribution in [0.15, 0.2) is 24.3 Å². The third-order valence-electron chi connectivity index (χ3n) is 3.79. The third kappa shape index (κ3) is 4.74. The standard InChI is InChI=1S/C17H26N2O2/c1-14(2)12-18-8-10-19(11-9-18)17(20)13-21-16-7-5-4-6-15(16)3/h4-7,14H,8-13H2,1-3H3. The van der Waals surface area contributed by atoms with Gasteiger partial charge in [-0.05, 0) is 24.5 Å². The van der Waals surface area contributed by atoms with Crippen molar-refractivity contribution in [3.05, 3.63) is 29.8 Å². The van der Waals surface area contributed by atoms with E-state index in [0.717, 1.165) is 44.0 Å². The van der Waals surface area contributed by atoms with Crippen LogP contribution in [0, 0.1) is 12.8 Å². The van der Waals surface area contributed by atoms with E-state index < -0.39 is 0 Å². The molecule has 0 unspecified atom stereocenters. The Bertz CT molecular complexity index is 466. The highest BCUT2D eigenvalue weighted by molar-refractivity contribution is 5.77. The van der Waals surface area contributed by atoms with Gasteiger partial charge in [0.1, 0.15) is 5.75 Å². The van der Waals surface area contributed by atoms with E-state index in [9.17, 15) is 4.79 Å². The van der Waals surface area contributed by atoms with Crippen molar-refractivity contribution in [1.82, 2.24) is 9.80 Å². The normalized spacial score (nSPS) is 16.3. The van der Waals surface area contributed by atoms with Gasteiger partial charge in [-0.3, -0.25) is 9.69 Å². The van der Waals surface area contributed by atoms with Crippen molar-refractivity contribution in [3.63, 3.8) is 0 Å². The Balaban J connectivity index is 1.76. The Labute approximate surface area is 127 Å². The zero-order chi connectivity index (χ0) is 15.2. The summed E-state index contributed by atoms with van der Waals surface area (Å²) < 4.78 is 5.64. The summed E-state index contributed by atoms with van der Waals surface area (Å²) in [4.78, 5) is 16.5. The molecule has 0 N–H and O–H groups in total. The van der Waals surface area contributed by atoms with Gasteiger partial charge >= 0.3 is 0 Å². The lowest BCUT2D eigenvalue weighted by atomic mass is 10.2. The lowest BCUT2D eigenvalue weighted by molar-refractivity contribution is -0.135. The number of hydrogen-bond acceptors (Lipinski definition) is 3. The predicted octanol–water partition coefficient (Wildman–Crippen LogP) is 2.17. The van der Waals surface area contributed by atoms with Crippen LogP contribution in [0.1, 0.15) is 19.4 Å². The second-order valence-electron chi connectivity index (χ2n) is 6.13. The molecule has 1 fully saturated rings. The monoisotopic (exact) mass is 290 g/mol. The smallest absolute Gasteiger partial charge is 0.260 e. The van der Waals surface area contributed by atoms with E-state index in [1.165, 1.54) is 0 Å². The highest BCUT2D eigenvalue weighted by Gasteiger charge is 2.21. The molecule has 1 aliphatic heterocycles. The number of piperazine rings is 1. The Morgan fingerprint density at radius 1 is 1.19 bits per heavy atom. The van der Waals surface area contributed by atoms with E-state index >= 15 is 0 Å². The summed E-state index contributed by atoms with van der Waals surface area (Å²) in [6, 6.07) is 7.79. The first-order valence-electron chi connectivity index (χ1n) is 7.75. The number of benzene rings is 1. The molecule has 2 rings (SSSR count). The Kier molecular flexibility index (Phi) is 5.62. The first-order chi connectivity index (χ1) is 10.1. The summed E-state index contributed by atoms with van der Waals surface area (Å²) in [5.74, 6) is 1.56. The second-order valence-corrected chi connectivity index (χ2v) is 6.13. The number of para-hydroxylation sites is 1. The number of rotatable bonds is 5. The molecule has 0 spiro atoms. The van der Waals surface area contributed by atoms with Gasteiger partial charge in [-0.2, -0.15) is 0 Å². The zero-order valence-electron chi connectivity index (χ0n) is 13.3. The van der Waals surface area contributed by atoms with Crippen molar-refractivity contribution in [1.29, 1.82) is 0 Å². The highest BCUT2D eigenvalue weighted by atomic mass is 16.5. The Morgan fingerprint density at radius 3 is 2.48 bits per heavy atom. The molecule has 0 aliphatic carbocycles. The molecule has 1 heterocycles. The number of ether oxygens (including phenoxy) is 1. The summed E-state index contributed by atoms with van der Waals surface area (Å²) in [5, 5.41) is 0. The second kappa shape index (κ2) is 7.46. The molecule has 4 nitrogen and oxygen atoms in total. The molecule has 0 radical (unpaired) electrons. The first kappa shape index (κ1) is 15.8. The van der Waals surface area contributed by atoms with Crippen molar-refractivity contribution < 1.29 is 9.53 Å². The fourth-order valence-electron chi connectivity index (χ4n) is 2.65. The van der Waals surface area contributed by atoms with Crippen LogP contribution in [-0.2, 0) is 4.79 Å². The van der Waals surface area contributed by atoms with Gasteiger partial charge in [-0.25, -0.2) is 0 Å². The van der Waals surface area contributed by atoms with Gasteiger partial charge in [-0.1, -0.05) is 32.0 Å². The van der Waals surface area contributed by atoms with E-state index in [0.29, 0.717) is 5.92 Å². The van der Waals surface area contributed by atoms with Gasteiger partial charge in [-0.15, -0.1) is 0 Å². The number of amides is 1. The minimum Gasteiger partial charge on any atom is -0.484 e. The van der Waals surface area contributed by atoms with Crippen LogP contribution in [0.4, 0.5) is 0 Å². The van der Waals surface area contributed by atoms with Crippen molar-refractivity contribution in [2.45, 2.75) is 20.8 Å². The molecule has 1 amide bonds. The molecule has 0 aromatic heterocycles. The van der Waals surface area contributed by atoms with Crippen LogP contribution in [0.3, 0.4) is 0 Å². The van der Waals surface area contributed by atoms with E-state index in [4.69, 9.17) is 4.74 Å². The first-order valence-corrected chi connectivity index (χ1v) is 7.75. The van der Waals surface area contributed by atoms with Gasteiger partial charge in [0.15, 0.2) is 6.61 Å². The molecule has 21 heavy (non-hydrogen) atoms. The predicted molar refractivity (Wildman–Crippen MR) is 84.5 cm³/mol. The summed E-state index contributed by atoms with van der Waals surface area (Å²) >= 11 is 0. The molecule has 0 atom stereocenters. The van der Waals surface area contributed by atoms with Crippen LogP contribution >= 0.6 is 0 Å². The number of carbonyl (C=O) groups is 1. The van der Waals surface area contributed by atoms with Crippen LogP contribution in [-0.4, -0.2) is 55.0 Å². The fourth-order valence-corrected chi connectivity index (χ4v) is 2.65. The van der Waals surface area contributed by atoms with Crippen LogP contribution < -0.4 is 4.74 Å². The summed E-state index contributed by atoms with van der Waals surface area (Å²) in [6.07, 6.45) is 0. The number of nitrogens with zero attached hydrogens (tertiary/aromatic N) is 2. The molecule has 1 aromatic rings. The maximum Gasteiger partial charge on any atom is 0.260 e. The average molecular weight is 290 g/mol. The van der Waals surface area contributed by atoms with Gasteiger partial charge in [0.05, 0.1) is 0 Å². The quantitative estimate of drug-likeness (QED) is 0.833. The van der Waals surface area contributed by atoms with E-state index in [2.05, 4.69) is 18.7 Å². The van der Waals surface area contributed by atoms with Crippen LogP contribution in [0.2, 0.25) is 0 Å². The average Bonchev–Trinajstić information content (AvgIpc) is 2.46. The molecule has 1 aromatic carbocycles. The SMILES string of the molecule is Cc1ccccc1OCC(=O)N1CCN(CC(C)C)CC1. The zero-order valence-corrected chi connectivity index (χ0v) is 13.3. The lowest BCUT2D eigenvalue weighted by Crippen LogP contribution is -2.50. The van der Waals surface area contributed by atoms with Gasteiger partial charge in [0, 0.05) is 32.7 Å². The van der Waals surface area contributed by atoms with Crippen molar-refractivity contribution in [2.75, 3.05) is 39.3 Å². The summed E-state index contributed by atoms with van der Waals surface area (Å²) in [5.41, 5.74) is 1.06. The molecule has 4 heteroatoms. The minimum absolute atomic E-state index is 0.0856. The van der Waals surface area contributed by atoms with Crippen molar-refractivity contribution in [2.24, 2.45) is 5.92 Å². The van der Waals surface area contributed by atoms with Crippen molar-refractivity contribution in [3.8, 4) is 5.75 Å². The number of carbonyl (C=O) groups excluding carboxylic acids is 1. The van der Waals surface area contributed by atoms with Gasteiger partial charge in [0.2, 0.25) is 0 Å². The van der Waals surface area contributed by atoms with Gasteiger partial charge < -0.3 is 9.64 Å². The van der Waals surface area contributed by atoms with Gasteiger partial charge in [0.25, 0.3) is 5.91 Å². The number of hydrogen-bond donors (Lipinski definition) is 0. The van der Waals surface area contributed by atoms with E-state index in [1.807, 2.05) is 36.1 Å². The van der Waals surface area contributed by atoms with Crippen LogP contribution in [0.5, 0.6) is 5.75 Å². The van der Waals surface area contributed by atoms with Crippen molar-refractivity contribution >= 4 is 5.91 Å². The summed E-state index contributed by atoms with van der Waals surface area (Å²) in [6.45, 7) is 11.2. The molecule has 0 saturated carbocycles. The van der Waals surface area contributed by atoms with E-state index in [1.54, 1.807) is 0 Å². The Hall–Kier alpha value is -1.55. The molecule has 1 saturated heterocycles. The maximum atomic E-state index is 12.2. The molecule has 0 bridgehead atoms.